The zero-order chi connectivity index (χ0) is 13.0. The van der Waals surface area contributed by atoms with E-state index in [4.69, 9.17) is 5.26 Å². The number of aromatic nitrogens is 2. The minimum absolute atomic E-state index is 0.0554. The van der Waals surface area contributed by atoms with Crippen LogP contribution in [0.1, 0.15) is 11.4 Å². The third-order valence-electron chi connectivity index (χ3n) is 2.72. The molecule has 1 N–H and O–H groups in total. The lowest BCUT2D eigenvalue weighted by Gasteiger charge is -2.09. The summed E-state index contributed by atoms with van der Waals surface area (Å²) in [5.41, 5.74) is 0.579. The van der Waals surface area contributed by atoms with Crippen molar-refractivity contribution in [2.75, 3.05) is 11.9 Å². The van der Waals surface area contributed by atoms with Gasteiger partial charge in [-0.1, -0.05) is 6.07 Å². The predicted molar refractivity (Wildman–Crippen MR) is 66.6 cm³/mol. The SMILES string of the molecule is Cc1nccn1CCNc1cccc(F)c1C#N. The van der Waals surface area contributed by atoms with Crippen LogP contribution >= 0.6 is 0 Å². The molecule has 0 saturated carbocycles. The van der Waals surface area contributed by atoms with Crippen molar-refractivity contribution in [2.45, 2.75) is 13.5 Å². The van der Waals surface area contributed by atoms with Gasteiger partial charge in [0, 0.05) is 25.5 Å². The molecule has 92 valence electrons. The van der Waals surface area contributed by atoms with Gasteiger partial charge in [0.1, 0.15) is 23.3 Å². The second-order valence-corrected chi connectivity index (χ2v) is 3.87. The van der Waals surface area contributed by atoms with Crippen LogP contribution in [0.5, 0.6) is 0 Å². The van der Waals surface area contributed by atoms with Crippen LogP contribution in [0.25, 0.3) is 0 Å². The Labute approximate surface area is 105 Å². The molecule has 0 aliphatic heterocycles. The third-order valence-corrected chi connectivity index (χ3v) is 2.72. The summed E-state index contributed by atoms with van der Waals surface area (Å²) in [4.78, 5) is 4.11. The summed E-state index contributed by atoms with van der Waals surface area (Å²) in [6.07, 6.45) is 3.62. The number of nitrogens with zero attached hydrogens (tertiary/aromatic N) is 3. The molecule has 0 radical (unpaired) electrons. The Hall–Kier alpha value is -2.35. The van der Waals surface area contributed by atoms with Crippen LogP contribution in [-0.4, -0.2) is 16.1 Å². The summed E-state index contributed by atoms with van der Waals surface area (Å²) in [5, 5.41) is 11.9. The van der Waals surface area contributed by atoms with E-state index in [9.17, 15) is 4.39 Å². The zero-order valence-corrected chi connectivity index (χ0v) is 10.0. The number of rotatable bonds is 4. The molecule has 2 aromatic rings. The van der Waals surface area contributed by atoms with Crippen LogP contribution in [0, 0.1) is 24.1 Å². The highest BCUT2D eigenvalue weighted by atomic mass is 19.1. The van der Waals surface area contributed by atoms with E-state index in [2.05, 4.69) is 10.3 Å². The highest BCUT2D eigenvalue weighted by molar-refractivity contribution is 5.57. The van der Waals surface area contributed by atoms with E-state index < -0.39 is 5.82 Å². The lowest BCUT2D eigenvalue weighted by atomic mass is 10.2. The summed E-state index contributed by atoms with van der Waals surface area (Å²) in [7, 11) is 0. The average Bonchev–Trinajstić information content (AvgIpc) is 2.75. The fourth-order valence-corrected chi connectivity index (χ4v) is 1.74. The molecule has 0 unspecified atom stereocenters. The van der Waals surface area contributed by atoms with E-state index in [1.807, 2.05) is 23.8 Å². The van der Waals surface area contributed by atoms with Crippen LogP contribution < -0.4 is 5.32 Å². The standard InChI is InChI=1S/C13H13FN4/c1-10-16-5-7-18(10)8-6-17-13-4-2-3-12(14)11(13)9-15/h2-5,7,17H,6,8H2,1H3. The smallest absolute Gasteiger partial charge is 0.143 e. The van der Waals surface area contributed by atoms with Gasteiger partial charge in [0.05, 0.1) is 5.69 Å². The van der Waals surface area contributed by atoms with Gasteiger partial charge in [-0.05, 0) is 19.1 Å². The second-order valence-electron chi connectivity index (χ2n) is 3.87. The first kappa shape index (κ1) is 12.1. The van der Waals surface area contributed by atoms with Crippen molar-refractivity contribution in [1.82, 2.24) is 9.55 Å². The predicted octanol–water partition coefficient (Wildman–Crippen LogP) is 2.31. The lowest BCUT2D eigenvalue weighted by Crippen LogP contribution is -2.12. The van der Waals surface area contributed by atoms with Crippen LogP contribution in [0.2, 0.25) is 0 Å². The minimum Gasteiger partial charge on any atom is -0.382 e. The maximum Gasteiger partial charge on any atom is 0.143 e. The van der Waals surface area contributed by atoms with E-state index in [0.717, 1.165) is 5.82 Å². The molecule has 5 heteroatoms. The summed E-state index contributed by atoms with van der Waals surface area (Å²) in [5.74, 6) is 0.429. The number of anilines is 1. The number of hydrogen-bond donors (Lipinski definition) is 1. The first-order valence-electron chi connectivity index (χ1n) is 5.62. The molecule has 4 nitrogen and oxygen atoms in total. The maximum atomic E-state index is 13.3. The normalized spacial score (nSPS) is 10.1. The highest BCUT2D eigenvalue weighted by Gasteiger charge is 2.06. The monoisotopic (exact) mass is 244 g/mol. The summed E-state index contributed by atoms with van der Waals surface area (Å²) in [6, 6.07) is 6.42. The topological polar surface area (TPSA) is 53.6 Å². The van der Waals surface area contributed by atoms with Crippen LogP contribution in [0.3, 0.4) is 0 Å². The molecule has 0 saturated heterocycles. The van der Waals surface area contributed by atoms with E-state index >= 15 is 0 Å². The molecule has 1 aromatic carbocycles. The van der Waals surface area contributed by atoms with Crippen LogP contribution in [-0.2, 0) is 6.54 Å². The Morgan fingerprint density at radius 3 is 3.00 bits per heavy atom. The number of imidazole rings is 1. The van der Waals surface area contributed by atoms with Gasteiger partial charge in [-0.3, -0.25) is 0 Å². The van der Waals surface area contributed by atoms with Crippen molar-refractivity contribution in [3.05, 3.63) is 47.8 Å². The molecule has 0 bridgehead atoms. The Bertz CT molecular complexity index is 583. The molecule has 0 aliphatic carbocycles. The largest absolute Gasteiger partial charge is 0.382 e. The summed E-state index contributed by atoms with van der Waals surface area (Å²) in [6.45, 7) is 3.24. The Morgan fingerprint density at radius 1 is 1.50 bits per heavy atom. The number of nitriles is 1. The molecule has 1 aromatic heterocycles. The number of aryl methyl sites for hydroxylation is 1. The van der Waals surface area contributed by atoms with Crippen molar-refractivity contribution in [2.24, 2.45) is 0 Å². The second kappa shape index (κ2) is 5.32. The van der Waals surface area contributed by atoms with Gasteiger partial charge in [0.25, 0.3) is 0 Å². The Balaban J connectivity index is 2.01. The van der Waals surface area contributed by atoms with Crippen molar-refractivity contribution in [3.63, 3.8) is 0 Å². The molecule has 0 atom stereocenters. The molecule has 0 amide bonds. The zero-order valence-electron chi connectivity index (χ0n) is 10.0. The van der Waals surface area contributed by atoms with Crippen molar-refractivity contribution < 1.29 is 4.39 Å². The fraction of sp³-hybridized carbons (Fsp3) is 0.231. The quantitative estimate of drug-likeness (QED) is 0.898. The van der Waals surface area contributed by atoms with Crippen molar-refractivity contribution in [1.29, 1.82) is 5.26 Å². The van der Waals surface area contributed by atoms with Gasteiger partial charge >= 0.3 is 0 Å². The molecule has 1 heterocycles. The number of hydrogen-bond acceptors (Lipinski definition) is 3. The van der Waals surface area contributed by atoms with Crippen LogP contribution in [0.4, 0.5) is 10.1 Å². The lowest BCUT2D eigenvalue weighted by molar-refractivity contribution is 0.624. The number of nitrogens with one attached hydrogen (secondary N) is 1. The minimum atomic E-state index is -0.499. The molecule has 18 heavy (non-hydrogen) atoms. The highest BCUT2D eigenvalue weighted by Crippen LogP contribution is 2.17. The van der Waals surface area contributed by atoms with Gasteiger partial charge in [-0.2, -0.15) is 5.26 Å². The summed E-state index contributed by atoms with van der Waals surface area (Å²) < 4.78 is 15.3. The first-order chi connectivity index (χ1) is 8.72. The molecule has 2 rings (SSSR count). The van der Waals surface area contributed by atoms with Crippen molar-refractivity contribution in [3.8, 4) is 6.07 Å². The van der Waals surface area contributed by atoms with E-state index in [1.165, 1.54) is 6.07 Å². The third kappa shape index (κ3) is 2.48. The number of halogens is 1. The van der Waals surface area contributed by atoms with E-state index in [0.29, 0.717) is 18.8 Å². The molecule has 0 aliphatic rings. The van der Waals surface area contributed by atoms with Crippen LogP contribution in [0.15, 0.2) is 30.6 Å². The molecule has 0 spiro atoms. The molecular weight excluding hydrogens is 231 g/mol. The number of benzene rings is 1. The van der Waals surface area contributed by atoms with E-state index in [-0.39, 0.29) is 5.56 Å². The fourth-order valence-electron chi connectivity index (χ4n) is 1.74. The van der Waals surface area contributed by atoms with Crippen molar-refractivity contribution >= 4 is 5.69 Å². The van der Waals surface area contributed by atoms with Gasteiger partial charge in [0.15, 0.2) is 0 Å². The first-order valence-corrected chi connectivity index (χ1v) is 5.62. The summed E-state index contributed by atoms with van der Waals surface area (Å²) >= 11 is 0. The van der Waals surface area contributed by atoms with Gasteiger partial charge in [-0.15, -0.1) is 0 Å². The maximum absolute atomic E-state index is 13.3. The molecular formula is C13H13FN4. The molecule has 0 fully saturated rings. The Morgan fingerprint density at radius 2 is 2.33 bits per heavy atom. The van der Waals surface area contributed by atoms with Gasteiger partial charge in [-0.25, -0.2) is 9.37 Å². The van der Waals surface area contributed by atoms with Gasteiger partial charge < -0.3 is 9.88 Å². The van der Waals surface area contributed by atoms with E-state index in [1.54, 1.807) is 18.3 Å². The van der Waals surface area contributed by atoms with Gasteiger partial charge in [0.2, 0.25) is 0 Å². The average molecular weight is 244 g/mol. The Kier molecular flexibility index (Phi) is 3.58.